The number of ether oxygens (including phenoxy) is 1. The van der Waals surface area contributed by atoms with Crippen LogP contribution in [0.4, 0.5) is 0 Å². The largest absolute Gasteiger partial charge is 0.375 e. The molecule has 0 aromatic carbocycles. The summed E-state index contributed by atoms with van der Waals surface area (Å²) in [5.41, 5.74) is 0.354. The van der Waals surface area contributed by atoms with Gasteiger partial charge in [-0.25, -0.2) is 0 Å². The number of nitrogens with one attached hydrogen (secondary N) is 1. The van der Waals surface area contributed by atoms with Crippen molar-refractivity contribution in [1.29, 1.82) is 0 Å². The number of rotatable bonds is 2. The van der Waals surface area contributed by atoms with Crippen LogP contribution in [-0.2, 0) is 9.53 Å². The number of carbonyl (C=O) groups is 1. The molecule has 1 aliphatic carbocycles. The SMILES string of the molecule is CC.CC(=O)NC(C)C12COC(C)(C1)C2. The molecule has 15 heavy (non-hydrogen) atoms. The number of amides is 1. The van der Waals surface area contributed by atoms with E-state index in [2.05, 4.69) is 19.2 Å². The standard InChI is InChI=1S/C10H17NO2.C2H6/c1-7(11-8(2)12)10-4-9(3,5-10)13-6-10;1-2/h7H,4-6H2,1-3H3,(H,11,12);1-2H3. The third-order valence-electron chi connectivity index (χ3n) is 3.50. The first-order valence-electron chi connectivity index (χ1n) is 5.87. The van der Waals surface area contributed by atoms with Crippen molar-refractivity contribution in [1.82, 2.24) is 5.32 Å². The molecule has 3 nitrogen and oxygen atoms in total. The van der Waals surface area contributed by atoms with Gasteiger partial charge in [-0.1, -0.05) is 13.8 Å². The molecular weight excluding hydrogens is 190 g/mol. The van der Waals surface area contributed by atoms with Crippen molar-refractivity contribution in [3.8, 4) is 0 Å². The molecule has 88 valence electrons. The van der Waals surface area contributed by atoms with Gasteiger partial charge in [0.15, 0.2) is 0 Å². The smallest absolute Gasteiger partial charge is 0.217 e. The Morgan fingerprint density at radius 1 is 1.40 bits per heavy atom. The predicted octanol–water partition coefficient (Wildman–Crippen LogP) is 2.11. The number of fused-ring (bicyclic) bond motifs is 1. The van der Waals surface area contributed by atoms with Crippen LogP contribution in [-0.4, -0.2) is 24.2 Å². The molecule has 1 atom stereocenters. The highest BCUT2D eigenvalue weighted by Gasteiger charge is 2.62. The van der Waals surface area contributed by atoms with Crippen molar-refractivity contribution in [2.24, 2.45) is 5.41 Å². The van der Waals surface area contributed by atoms with Crippen LogP contribution in [0.5, 0.6) is 0 Å². The Hall–Kier alpha value is -0.570. The van der Waals surface area contributed by atoms with Crippen molar-refractivity contribution in [2.75, 3.05) is 6.61 Å². The lowest BCUT2D eigenvalue weighted by molar-refractivity contribution is -0.121. The first-order valence-corrected chi connectivity index (χ1v) is 5.87. The topological polar surface area (TPSA) is 38.3 Å². The van der Waals surface area contributed by atoms with E-state index in [9.17, 15) is 4.79 Å². The van der Waals surface area contributed by atoms with E-state index in [1.54, 1.807) is 6.92 Å². The van der Waals surface area contributed by atoms with E-state index in [1.807, 2.05) is 13.8 Å². The van der Waals surface area contributed by atoms with Gasteiger partial charge in [-0.2, -0.15) is 0 Å². The quantitative estimate of drug-likeness (QED) is 0.763. The van der Waals surface area contributed by atoms with Crippen molar-refractivity contribution in [3.63, 3.8) is 0 Å². The molecule has 2 aliphatic heterocycles. The molecule has 1 amide bonds. The van der Waals surface area contributed by atoms with E-state index in [0.29, 0.717) is 0 Å². The molecule has 1 unspecified atom stereocenters. The van der Waals surface area contributed by atoms with Gasteiger partial charge in [0.1, 0.15) is 0 Å². The van der Waals surface area contributed by atoms with Crippen molar-refractivity contribution in [2.45, 2.75) is 59.1 Å². The van der Waals surface area contributed by atoms with E-state index < -0.39 is 0 Å². The van der Waals surface area contributed by atoms with Crippen LogP contribution < -0.4 is 5.32 Å². The van der Waals surface area contributed by atoms with Crippen molar-refractivity contribution in [3.05, 3.63) is 0 Å². The van der Waals surface area contributed by atoms with Crippen LogP contribution >= 0.6 is 0 Å². The van der Waals surface area contributed by atoms with Gasteiger partial charge in [-0.05, 0) is 26.7 Å². The van der Waals surface area contributed by atoms with E-state index in [4.69, 9.17) is 4.74 Å². The minimum Gasteiger partial charge on any atom is -0.375 e. The normalized spacial score (nSPS) is 38.5. The van der Waals surface area contributed by atoms with Crippen LogP contribution in [0.25, 0.3) is 0 Å². The third kappa shape index (κ3) is 2.17. The summed E-state index contributed by atoms with van der Waals surface area (Å²) in [6, 6.07) is 0.251. The van der Waals surface area contributed by atoms with Crippen LogP contribution in [0, 0.1) is 5.41 Å². The fourth-order valence-corrected chi connectivity index (χ4v) is 2.85. The Balaban J connectivity index is 0.000000531. The Labute approximate surface area is 92.6 Å². The minimum absolute atomic E-state index is 0.0578. The number of hydrogen-bond acceptors (Lipinski definition) is 2. The summed E-state index contributed by atoms with van der Waals surface area (Å²) in [5, 5.41) is 2.96. The summed E-state index contributed by atoms with van der Waals surface area (Å²) in [6.45, 7) is 10.6. The highest BCUT2D eigenvalue weighted by atomic mass is 16.5. The minimum atomic E-state index is 0.0578. The Kier molecular flexibility index (Phi) is 3.44. The summed E-state index contributed by atoms with van der Waals surface area (Å²) in [5.74, 6) is 0.0578. The van der Waals surface area contributed by atoms with Gasteiger partial charge in [0.05, 0.1) is 12.2 Å². The van der Waals surface area contributed by atoms with Crippen LogP contribution in [0.3, 0.4) is 0 Å². The molecule has 0 aromatic rings. The van der Waals surface area contributed by atoms with Gasteiger partial charge in [0.2, 0.25) is 5.91 Å². The third-order valence-corrected chi connectivity index (χ3v) is 3.50. The molecule has 2 bridgehead atoms. The molecule has 3 aliphatic rings. The van der Waals surface area contributed by atoms with Crippen LogP contribution in [0.1, 0.15) is 47.5 Å². The monoisotopic (exact) mass is 213 g/mol. The van der Waals surface area contributed by atoms with Gasteiger partial charge in [0.25, 0.3) is 0 Å². The first-order chi connectivity index (χ1) is 6.96. The summed E-state index contributed by atoms with van der Waals surface area (Å²) in [6.07, 6.45) is 2.20. The molecule has 2 heterocycles. The summed E-state index contributed by atoms with van der Waals surface area (Å²) in [4.78, 5) is 10.9. The zero-order chi connectivity index (χ0) is 11.7. The van der Waals surface area contributed by atoms with E-state index in [0.717, 1.165) is 19.4 Å². The molecule has 1 N–H and O–H groups in total. The molecule has 2 saturated heterocycles. The van der Waals surface area contributed by atoms with Crippen molar-refractivity contribution >= 4 is 5.91 Å². The molecule has 3 rings (SSSR count). The molecule has 3 heteroatoms. The van der Waals surface area contributed by atoms with Crippen molar-refractivity contribution < 1.29 is 9.53 Å². The maximum absolute atomic E-state index is 10.9. The van der Waals surface area contributed by atoms with Gasteiger partial charge < -0.3 is 10.1 Å². The first kappa shape index (κ1) is 12.5. The lowest BCUT2D eigenvalue weighted by atomic mass is 9.60. The molecular formula is C12H23NO2. The van der Waals surface area contributed by atoms with Crippen LogP contribution in [0.2, 0.25) is 0 Å². The average Bonchev–Trinajstić information content (AvgIpc) is 2.61. The summed E-state index contributed by atoms with van der Waals surface area (Å²) < 4.78 is 5.67. The second kappa shape index (κ2) is 4.12. The van der Waals surface area contributed by atoms with E-state index >= 15 is 0 Å². The Morgan fingerprint density at radius 3 is 2.27 bits per heavy atom. The fraction of sp³-hybridized carbons (Fsp3) is 0.917. The molecule has 0 spiro atoms. The molecule has 3 fully saturated rings. The fourth-order valence-electron chi connectivity index (χ4n) is 2.85. The Morgan fingerprint density at radius 2 is 1.93 bits per heavy atom. The lowest BCUT2D eigenvalue weighted by Crippen LogP contribution is -2.53. The number of carbonyl (C=O) groups excluding carboxylic acids is 1. The Bertz CT molecular complexity index is 244. The summed E-state index contributed by atoms with van der Waals surface area (Å²) >= 11 is 0. The second-order valence-electron chi connectivity index (χ2n) is 4.88. The van der Waals surface area contributed by atoms with Gasteiger partial charge >= 0.3 is 0 Å². The molecule has 0 radical (unpaired) electrons. The zero-order valence-electron chi connectivity index (χ0n) is 10.5. The molecule has 1 saturated carbocycles. The van der Waals surface area contributed by atoms with E-state index in [-0.39, 0.29) is 23.0 Å². The molecule has 0 aromatic heterocycles. The lowest BCUT2D eigenvalue weighted by Gasteiger charge is -2.46. The maximum atomic E-state index is 10.9. The van der Waals surface area contributed by atoms with Gasteiger partial charge in [0, 0.05) is 18.4 Å². The maximum Gasteiger partial charge on any atom is 0.217 e. The second-order valence-corrected chi connectivity index (χ2v) is 4.88. The summed E-state index contributed by atoms with van der Waals surface area (Å²) in [7, 11) is 0. The predicted molar refractivity (Wildman–Crippen MR) is 60.7 cm³/mol. The van der Waals surface area contributed by atoms with Gasteiger partial charge in [-0.3, -0.25) is 4.79 Å². The zero-order valence-corrected chi connectivity index (χ0v) is 10.5. The van der Waals surface area contributed by atoms with Gasteiger partial charge in [-0.15, -0.1) is 0 Å². The average molecular weight is 213 g/mol. The number of hydrogen-bond donors (Lipinski definition) is 1. The van der Waals surface area contributed by atoms with E-state index in [1.165, 1.54) is 0 Å². The highest BCUT2D eigenvalue weighted by molar-refractivity contribution is 5.73. The highest BCUT2D eigenvalue weighted by Crippen LogP contribution is 2.59. The van der Waals surface area contributed by atoms with Crippen LogP contribution in [0.15, 0.2) is 0 Å².